The first-order valence-electron chi connectivity index (χ1n) is 4.52. The number of hydrogen-bond donors (Lipinski definition) is 0. The Morgan fingerprint density at radius 3 is 2.53 bits per heavy atom. The molecule has 0 fully saturated rings. The van der Waals surface area contributed by atoms with E-state index in [0.717, 1.165) is 5.56 Å². The molecule has 0 aliphatic carbocycles. The van der Waals surface area contributed by atoms with Gasteiger partial charge < -0.3 is 0 Å². The molecule has 0 N–H and O–H groups in total. The van der Waals surface area contributed by atoms with Crippen molar-refractivity contribution in [1.82, 2.24) is 0 Å². The van der Waals surface area contributed by atoms with Crippen LogP contribution in [0.4, 0.5) is 4.39 Å². The molecular formula is C10H12ClFO2S. The average Bonchev–Trinajstić information content (AvgIpc) is 2.14. The quantitative estimate of drug-likeness (QED) is 0.770. The molecule has 15 heavy (non-hydrogen) atoms. The minimum absolute atomic E-state index is 0.101. The molecule has 1 aromatic carbocycles. The van der Waals surface area contributed by atoms with Crippen LogP contribution in [0.2, 0.25) is 0 Å². The summed E-state index contributed by atoms with van der Waals surface area (Å²) in [7, 11) is 1.40. The van der Waals surface area contributed by atoms with Gasteiger partial charge in [-0.25, -0.2) is 12.8 Å². The third-order valence-electron chi connectivity index (χ3n) is 2.14. The van der Waals surface area contributed by atoms with Crippen molar-refractivity contribution in [3.8, 4) is 0 Å². The molecule has 0 aromatic heterocycles. The van der Waals surface area contributed by atoms with E-state index in [1.807, 2.05) is 6.07 Å². The number of aryl methyl sites for hydroxylation is 1. The van der Waals surface area contributed by atoms with Crippen LogP contribution in [0.3, 0.4) is 0 Å². The Morgan fingerprint density at radius 2 is 2.00 bits per heavy atom. The molecule has 84 valence electrons. The SMILES string of the molecule is Cc1ccccc1C(F)CCS(=O)(=O)Cl. The largest absolute Gasteiger partial charge is 0.242 e. The first-order chi connectivity index (χ1) is 6.90. The molecule has 0 spiro atoms. The molecule has 0 heterocycles. The fourth-order valence-corrected chi connectivity index (χ4v) is 2.09. The Labute approximate surface area is 93.5 Å². The summed E-state index contributed by atoms with van der Waals surface area (Å²) in [5.74, 6) is -0.343. The van der Waals surface area contributed by atoms with Gasteiger partial charge in [-0.2, -0.15) is 0 Å². The molecule has 0 saturated carbocycles. The van der Waals surface area contributed by atoms with Crippen molar-refractivity contribution in [3.63, 3.8) is 0 Å². The maximum atomic E-state index is 13.6. The van der Waals surface area contributed by atoms with Gasteiger partial charge in [0.15, 0.2) is 0 Å². The van der Waals surface area contributed by atoms with Gasteiger partial charge in [0, 0.05) is 10.7 Å². The Balaban J connectivity index is 2.70. The van der Waals surface area contributed by atoms with Gasteiger partial charge in [-0.15, -0.1) is 0 Å². The van der Waals surface area contributed by atoms with Gasteiger partial charge in [-0.1, -0.05) is 24.3 Å². The average molecular weight is 251 g/mol. The van der Waals surface area contributed by atoms with Gasteiger partial charge in [-0.3, -0.25) is 0 Å². The second kappa shape index (κ2) is 4.94. The van der Waals surface area contributed by atoms with Gasteiger partial charge in [0.2, 0.25) is 9.05 Å². The summed E-state index contributed by atoms with van der Waals surface area (Å²) >= 11 is 0. The Morgan fingerprint density at radius 1 is 1.40 bits per heavy atom. The lowest BCUT2D eigenvalue weighted by atomic mass is 10.0. The standard InChI is InChI=1S/C10H12ClFO2S/c1-8-4-2-3-5-9(8)10(12)6-7-15(11,13)14/h2-5,10H,6-7H2,1H3. The summed E-state index contributed by atoms with van der Waals surface area (Å²) in [5, 5.41) is 0. The highest BCUT2D eigenvalue weighted by atomic mass is 35.7. The van der Waals surface area contributed by atoms with Crippen molar-refractivity contribution in [3.05, 3.63) is 35.4 Å². The second-order valence-corrected chi connectivity index (χ2v) is 6.25. The zero-order chi connectivity index (χ0) is 11.5. The molecule has 5 heteroatoms. The van der Waals surface area contributed by atoms with E-state index in [-0.39, 0.29) is 12.2 Å². The van der Waals surface area contributed by atoms with Crippen molar-refractivity contribution in [2.45, 2.75) is 19.5 Å². The maximum absolute atomic E-state index is 13.6. The predicted molar refractivity (Wildman–Crippen MR) is 59.3 cm³/mol. The third-order valence-corrected chi connectivity index (χ3v) is 3.33. The Bertz CT molecular complexity index is 431. The van der Waals surface area contributed by atoms with E-state index in [9.17, 15) is 12.8 Å². The van der Waals surface area contributed by atoms with Gasteiger partial charge in [-0.05, 0) is 24.5 Å². The Kier molecular flexibility index (Phi) is 4.11. The molecule has 0 radical (unpaired) electrons. The fourth-order valence-electron chi connectivity index (χ4n) is 1.34. The smallest absolute Gasteiger partial charge is 0.232 e. The van der Waals surface area contributed by atoms with E-state index in [0.29, 0.717) is 5.56 Å². The lowest BCUT2D eigenvalue weighted by molar-refractivity contribution is 0.334. The molecular weight excluding hydrogens is 239 g/mol. The number of rotatable bonds is 4. The molecule has 0 aliphatic heterocycles. The lowest BCUT2D eigenvalue weighted by Crippen LogP contribution is -2.03. The van der Waals surface area contributed by atoms with Crippen LogP contribution in [-0.2, 0) is 9.05 Å². The first-order valence-corrected chi connectivity index (χ1v) is 7.00. The molecule has 2 nitrogen and oxygen atoms in total. The molecule has 1 aromatic rings. The molecule has 1 rings (SSSR count). The number of hydrogen-bond acceptors (Lipinski definition) is 2. The third kappa shape index (κ3) is 4.18. The second-order valence-electron chi connectivity index (χ2n) is 3.36. The molecule has 0 saturated heterocycles. The van der Waals surface area contributed by atoms with Gasteiger partial charge in [0.25, 0.3) is 0 Å². The fraction of sp³-hybridized carbons (Fsp3) is 0.400. The highest BCUT2D eigenvalue weighted by Crippen LogP contribution is 2.25. The summed E-state index contributed by atoms with van der Waals surface area (Å²) < 4.78 is 34.9. The highest BCUT2D eigenvalue weighted by molar-refractivity contribution is 8.13. The number of halogens is 2. The highest BCUT2D eigenvalue weighted by Gasteiger charge is 2.15. The molecule has 0 bridgehead atoms. The van der Waals surface area contributed by atoms with Crippen molar-refractivity contribution in [2.24, 2.45) is 0 Å². The lowest BCUT2D eigenvalue weighted by Gasteiger charge is -2.09. The van der Waals surface area contributed by atoms with E-state index < -0.39 is 15.2 Å². The normalized spacial score (nSPS) is 13.8. The van der Waals surface area contributed by atoms with E-state index in [1.54, 1.807) is 25.1 Å². The van der Waals surface area contributed by atoms with Gasteiger partial charge in [0.1, 0.15) is 6.17 Å². The van der Waals surface area contributed by atoms with Crippen LogP contribution in [0.5, 0.6) is 0 Å². The van der Waals surface area contributed by atoms with Crippen molar-refractivity contribution < 1.29 is 12.8 Å². The van der Waals surface area contributed by atoms with Crippen LogP contribution in [-0.4, -0.2) is 14.2 Å². The van der Waals surface area contributed by atoms with Crippen LogP contribution in [0.1, 0.15) is 23.7 Å². The van der Waals surface area contributed by atoms with E-state index in [2.05, 4.69) is 0 Å². The number of benzene rings is 1. The van der Waals surface area contributed by atoms with Crippen LogP contribution < -0.4 is 0 Å². The van der Waals surface area contributed by atoms with E-state index in [4.69, 9.17) is 10.7 Å². The predicted octanol–water partition coefficient (Wildman–Crippen LogP) is 2.96. The number of alkyl halides is 1. The van der Waals surface area contributed by atoms with Gasteiger partial charge >= 0.3 is 0 Å². The van der Waals surface area contributed by atoms with E-state index in [1.165, 1.54) is 0 Å². The molecule has 0 amide bonds. The van der Waals surface area contributed by atoms with Crippen LogP contribution in [0, 0.1) is 6.92 Å². The van der Waals surface area contributed by atoms with Crippen molar-refractivity contribution >= 4 is 19.7 Å². The Hall–Kier alpha value is -0.610. The topological polar surface area (TPSA) is 34.1 Å². The monoisotopic (exact) mass is 250 g/mol. The zero-order valence-electron chi connectivity index (χ0n) is 8.28. The van der Waals surface area contributed by atoms with Gasteiger partial charge in [0.05, 0.1) is 5.75 Å². The summed E-state index contributed by atoms with van der Waals surface area (Å²) in [6, 6.07) is 6.98. The zero-order valence-corrected chi connectivity index (χ0v) is 9.85. The van der Waals surface area contributed by atoms with Crippen molar-refractivity contribution in [1.29, 1.82) is 0 Å². The minimum Gasteiger partial charge on any atom is -0.242 e. The van der Waals surface area contributed by atoms with Crippen LogP contribution >= 0.6 is 10.7 Å². The summed E-state index contributed by atoms with van der Waals surface area (Å²) in [6.07, 6.45) is -1.38. The molecule has 1 unspecified atom stereocenters. The molecule has 1 atom stereocenters. The van der Waals surface area contributed by atoms with Crippen molar-refractivity contribution in [2.75, 3.05) is 5.75 Å². The van der Waals surface area contributed by atoms with E-state index >= 15 is 0 Å². The summed E-state index contributed by atoms with van der Waals surface area (Å²) in [6.45, 7) is 1.79. The summed E-state index contributed by atoms with van der Waals surface area (Å²) in [4.78, 5) is 0. The minimum atomic E-state index is -3.61. The first kappa shape index (κ1) is 12.5. The van der Waals surface area contributed by atoms with Crippen LogP contribution in [0.25, 0.3) is 0 Å². The maximum Gasteiger partial charge on any atom is 0.232 e. The van der Waals surface area contributed by atoms with Crippen LogP contribution in [0.15, 0.2) is 24.3 Å². The molecule has 0 aliphatic rings. The summed E-state index contributed by atoms with van der Waals surface area (Å²) in [5.41, 5.74) is 1.34.